The van der Waals surface area contributed by atoms with Crippen LogP contribution in [0.1, 0.15) is 0 Å². The van der Waals surface area contributed by atoms with Gasteiger partial charge < -0.3 is 19.8 Å². The summed E-state index contributed by atoms with van der Waals surface area (Å²) < 4.78 is 5.01. The van der Waals surface area contributed by atoms with Gasteiger partial charge in [-0.2, -0.15) is 0 Å². The van der Waals surface area contributed by atoms with E-state index in [2.05, 4.69) is 4.52 Å². The maximum atomic E-state index is 10.1. The van der Waals surface area contributed by atoms with Crippen LogP contribution < -0.4 is 5.73 Å². The van der Waals surface area contributed by atoms with Gasteiger partial charge in [-0.3, -0.25) is 8.81 Å². The first-order valence-electron chi connectivity index (χ1n) is 3.46. The molecule has 0 heterocycles. The van der Waals surface area contributed by atoms with E-state index >= 15 is 0 Å². The number of aliphatic hydroxyl groups excluding tert-OH is 1. The van der Waals surface area contributed by atoms with Crippen LogP contribution >= 0.6 is 8.81 Å². The van der Waals surface area contributed by atoms with Crippen molar-refractivity contribution < 1.29 is 18.9 Å². The molecule has 1 unspecified atom stereocenters. The second-order valence-corrected chi connectivity index (χ2v) is 4.46. The van der Waals surface area contributed by atoms with Crippen LogP contribution in [0, 0.1) is 0 Å². The van der Waals surface area contributed by atoms with Gasteiger partial charge in [-0.05, 0) is 0 Å². The number of amides is 1. The van der Waals surface area contributed by atoms with Crippen LogP contribution in [0.25, 0.3) is 0 Å². The first-order chi connectivity index (χ1) is 5.31. The second-order valence-electron chi connectivity index (χ2n) is 3.47. The molecule has 0 saturated heterocycles. The number of nitrogens with zero attached hydrogens (tertiary/aromatic N) is 1. The van der Waals surface area contributed by atoms with E-state index in [1.807, 2.05) is 21.1 Å². The number of aliphatic hydroxyl groups is 1. The van der Waals surface area contributed by atoms with E-state index in [0.717, 1.165) is 0 Å². The third-order valence-corrected chi connectivity index (χ3v) is 1.67. The average Bonchev–Trinajstić information content (AvgIpc) is 1.79. The summed E-state index contributed by atoms with van der Waals surface area (Å²) in [6.45, 7) is 0.509. The minimum atomic E-state index is -0.864. The van der Waals surface area contributed by atoms with Gasteiger partial charge in [0.2, 0.25) is 0 Å². The SMILES string of the molecule is C[N+](C)(C)CC(O)[P-]OC(N)=O. The number of rotatable bonds is 4. The zero-order valence-corrected chi connectivity index (χ0v) is 8.41. The molecule has 0 fully saturated rings. The molecule has 0 aliphatic heterocycles. The van der Waals surface area contributed by atoms with Gasteiger partial charge in [0, 0.05) is 5.85 Å². The highest BCUT2D eigenvalue weighted by Gasteiger charge is 2.08. The van der Waals surface area contributed by atoms with E-state index in [-0.39, 0.29) is 8.81 Å². The summed E-state index contributed by atoms with van der Waals surface area (Å²) >= 11 is 0. The largest absolute Gasteiger partial charge is 0.626 e. The van der Waals surface area contributed by atoms with Gasteiger partial charge in [0.05, 0.1) is 27.7 Å². The fourth-order valence-corrected chi connectivity index (χ4v) is 1.42. The quantitative estimate of drug-likeness (QED) is 0.487. The highest BCUT2D eigenvalue weighted by atomic mass is 31.1. The van der Waals surface area contributed by atoms with Crippen molar-refractivity contribution in [3.63, 3.8) is 0 Å². The third-order valence-electron chi connectivity index (χ3n) is 0.975. The maximum Gasteiger partial charge on any atom is 0.372 e. The monoisotopic (exact) mass is 194 g/mol. The van der Waals surface area contributed by atoms with Crippen molar-refractivity contribution in [1.29, 1.82) is 0 Å². The van der Waals surface area contributed by atoms with Gasteiger partial charge in [0.15, 0.2) is 0 Å². The van der Waals surface area contributed by atoms with Crippen molar-refractivity contribution in [3.05, 3.63) is 0 Å². The molecule has 0 aliphatic rings. The Bertz CT molecular complexity index is 157. The van der Waals surface area contributed by atoms with Crippen molar-refractivity contribution in [1.82, 2.24) is 0 Å². The summed E-state index contributed by atoms with van der Waals surface area (Å²) in [5.74, 6) is -0.683. The second kappa shape index (κ2) is 4.60. The van der Waals surface area contributed by atoms with E-state index in [1.165, 1.54) is 0 Å². The molecule has 3 N–H and O–H groups in total. The number of hydrogen-bond donors (Lipinski definition) is 2. The normalized spacial score (nSPS) is 15.0. The van der Waals surface area contributed by atoms with Gasteiger partial charge in [-0.15, -0.1) is 0 Å². The van der Waals surface area contributed by atoms with E-state index in [0.29, 0.717) is 11.0 Å². The van der Waals surface area contributed by atoms with Crippen molar-refractivity contribution in [2.24, 2.45) is 5.73 Å². The molecule has 0 aromatic heterocycles. The molecule has 0 bridgehead atoms. The molecule has 0 aromatic carbocycles. The Balaban J connectivity index is 3.60. The molecule has 0 spiro atoms. The standard InChI is InChI=1S/C6H15N2O3P/c1-8(2,3)4-5(9)12-11-6(7)10/h5,9H,4H2,1-3H3,(H2,7,10). The van der Waals surface area contributed by atoms with Crippen LogP contribution in [0.5, 0.6) is 0 Å². The molecular weight excluding hydrogens is 179 g/mol. The van der Waals surface area contributed by atoms with Crippen molar-refractivity contribution in [2.45, 2.75) is 5.85 Å². The number of primary amides is 1. The van der Waals surface area contributed by atoms with Crippen LogP contribution in [-0.2, 0) is 4.52 Å². The summed E-state index contributed by atoms with van der Waals surface area (Å²) in [6, 6.07) is 0. The number of hydrogen-bond acceptors (Lipinski definition) is 3. The van der Waals surface area contributed by atoms with Crippen LogP contribution in [0.2, 0.25) is 0 Å². The number of quaternary nitrogens is 1. The van der Waals surface area contributed by atoms with E-state index in [1.54, 1.807) is 0 Å². The van der Waals surface area contributed by atoms with Gasteiger partial charge in [-0.1, -0.05) is 0 Å². The lowest BCUT2D eigenvalue weighted by atomic mass is 10.5. The lowest BCUT2D eigenvalue weighted by Gasteiger charge is -2.32. The Morgan fingerprint density at radius 3 is 2.50 bits per heavy atom. The minimum absolute atomic E-state index is 0.201. The Morgan fingerprint density at radius 2 is 2.17 bits per heavy atom. The number of carbonyl (C=O) groups excluding carboxylic acids is 1. The van der Waals surface area contributed by atoms with E-state index < -0.39 is 11.9 Å². The van der Waals surface area contributed by atoms with Crippen molar-refractivity contribution in [3.8, 4) is 0 Å². The molecule has 1 atom stereocenters. The number of carbonyl (C=O) groups is 1. The fourth-order valence-electron chi connectivity index (χ4n) is 0.636. The van der Waals surface area contributed by atoms with E-state index in [9.17, 15) is 9.90 Å². The first kappa shape index (κ1) is 11.6. The summed E-state index contributed by atoms with van der Waals surface area (Å²) in [6.07, 6.45) is -0.864. The average molecular weight is 194 g/mol. The molecule has 72 valence electrons. The van der Waals surface area contributed by atoms with Crippen LogP contribution in [0.15, 0.2) is 0 Å². The van der Waals surface area contributed by atoms with Gasteiger partial charge >= 0.3 is 6.09 Å². The highest BCUT2D eigenvalue weighted by molar-refractivity contribution is 7.33. The first-order valence-corrected chi connectivity index (χ1v) is 4.34. The smallest absolute Gasteiger partial charge is 0.372 e. The molecular formula is C6H15N2O3P. The van der Waals surface area contributed by atoms with Crippen LogP contribution in [-0.4, -0.2) is 49.2 Å². The van der Waals surface area contributed by atoms with Crippen molar-refractivity contribution in [2.75, 3.05) is 27.7 Å². The van der Waals surface area contributed by atoms with Crippen molar-refractivity contribution >= 4 is 14.9 Å². The molecule has 0 saturated carbocycles. The molecule has 6 heteroatoms. The van der Waals surface area contributed by atoms with Crippen LogP contribution in [0.4, 0.5) is 4.79 Å². The third kappa shape index (κ3) is 7.72. The van der Waals surface area contributed by atoms with Crippen LogP contribution in [0.3, 0.4) is 0 Å². The zero-order chi connectivity index (χ0) is 9.78. The minimum Gasteiger partial charge on any atom is -0.626 e. The Kier molecular flexibility index (Phi) is 4.45. The summed E-state index contributed by atoms with van der Waals surface area (Å²) in [4.78, 5) is 10.1. The molecule has 0 radical (unpaired) electrons. The maximum absolute atomic E-state index is 10.1. The summed E-state index contributed by atoms with van der Waals surface area (Å²) in [5.41, 5.74) is 4.72. The summed E-state index contributed by atoms with van der Waals surface area (Å²) in [5, 5.41) is 9.27. The molecule has 12 heavy (non-hydrogen) atoms. The Hall–Kier alpha value is -0.380. The molecule has 0 aliphatic carbocycles. The predicted octanol–water partition coefficient (Wildman–Crippen LogP) is -0.0325. The molecule has 0 rings (SSSR count). The van der Waals surface area contributed by atoms with Gasteiger partial charge in [0.1, 0.15) is 0 Å². The van der Waals surface area contributed by atoms with Gasteiger partial charge in [-0.25, -0.2) is 4.79 Å². The summed E-state index contributed by atoms with van der Waals surface area (Å²) in [7, 11) is 6.00. The van der Waals surface area contributed by atoms with E-state index in [4.69, 9.17) is 5.73 Å². The predicted molar refractivity (Wildman–Crippen MR) is 46.5 cm³/mol. The lowest BCUT2D eigenvalue weighted by Crippen LogP contribution is -2.40. The molecule has 0 aromatic rings. The fraction of sp³-hybridized carbons (Fsp3) is 0.833. The Labute approximate surface area is 73.9 Å². The lowest BCUT2D eigenvalue weighted by molar-refractivity contribution is -0.871. The number of likely N-dealkylation sites (N-methyl/N-ethyl adjacent to an activating group) is 1. The topological polar surface area (TPSA) is 72.6 Å². The highest BCUT2D eigenvalue weighted by Crippen LogP contribution is 2.19. The number of nitrogens with two attached hydrogens (primary N) is 1. The Morgan fingerprint density at radius 1 is 1.67 bits per heavy atom. The molecule has 5 nitrogen and oxygen atoms in total. The van der Waals surface area contributed by atoms with Gasteiger partial charge in [0.25, 0.3) is 0 Å². The zero-order valence-electron chi connectivity index (χ0n) is 7.52. The molecule has 1 amide bonds.